The van der Waals surface area contributed by atoms with Gasteiger partial charge in [-0.2, -0.15) is 0 Å². The predicted octanol–water partition coefficient (Wildman–Crippen LogP) is 4.22. The summed E-state index contributed by atoms with van der Waals surface area (Å²) >= 11 is 0. The number of nitrogens with one attached hydrogen (secondary N) is 2. The first-order valence-corrected chi connectivity index (χ1v) is 8.60. The summed E-state index contributed by atoms with van der Waals surface area (Å²) in [4.78, 5) is 23.6. The highest BCUT2D eigenvalue weighted by Gasteiger charge is 2.07. The Morgan fingerprint density at radius 3 is 2.00 bits per heavy atom. The third kappa shape index (κ3) is 5.71. The van der Waals surface area contributed by atoms with Gasteiger partial charge >= 0.3 is 6.09 Å². The highest BCUT2D eigenvalue weighted by molar-refractivity contribution is 5.94. The minimum atomic E-state index is -0.631. The van der Waals surface area contributed by atoms with Crippen molar-refractivity contribution in [2.45, 2.75) is 6.61 Å². The molecule has 5 nitrogen and oxygen atoms in total. The Balaban J connectivity index is 1.43. The molecule has 0 spiro atoms. The van der Waals surface area contributed by atoms with Crippen LogP contribution in [0.3, 0.4) is 0 Å². The maximum absolute atomic E-state index is 12.0. The van der Waals surface area contributed by atoms with E-state index in [1.54, 1.807) is 0 Å². The molecule has 27 heavy (non-hydrogen) atoms. The molecule has 0 bridgehead atoms. The Kier molecular flexibility index (Phi) is 6.20. The van der Waals surface area contributed by atoms with E-state index in [-0.39, 0.29) is 19.1 Å². The van der Waals surface area contributed by atoms with Crippen LogP contribution in [0, 0.1) is 0 Å². The summed E-state index contributed by atoms with van der Waals surface area (Å²) in [6.07, 6.45) is -0.631. The molecule has 0 aliphatic rings. The highest BCUT2D eigenvalue weighted by Crippen LogP contribution is 2.20. The van der Waals surface area contributed by atoms with Gasteiger partial charge in [0.1, 0.15) is 13.2 Å². The fourth-order valence-corrected chi connectivity index (χ4v) is 2.51. The average molecular weight is 360 g/mol. The number of benzene rings is 3. The second-order valence-corrected chi connectivity index (χ2v) is 5.91. The largest absolute Gasteiger partial charge is 0.445 e. The molecule has 0 saturated heterocycles. The summed E-state index contributed by atoms with van der Waals surface area (Å²) in [6.45, 7) is 0.00327. The van der Waals surface area contributed by atoms with Crippen molar-refractivity contribution in [3.63, 3.8) is 0 Å². The molecule has 3 aromatic carbocycles. The van der Waals surface area contributed by atoms with Gasteiger partial charge in [-0.1, -0.05) is 72.8 Å². The number of carbonyl (C=O) groups excluding carboxylic acids is 2. The van der Waals surface area contributed by atoms with Crippen molar-refractivity contribution in [2.75, 3.05) is 11.9 Å². The fourth-order valence-electron chi connectivity index (χ4n) is 2.51. The van der Waals surface area contributed by atoms with E-state index in [9.17, 15) is 9.59 Å². The van der Waals surface area contributed by atoms with Gasteiger partial charge in [0, 0.05) is 5.69 Å². The van der Waals surface area contributed by atoms with Crippen LogP contribution < -0.4 is 10.6 Å². The van der Waals surface area contributed by atoms with Crippen molar-refractivity contribution in [1.29, 1.82) is 0 Å². The maximum atomic E-state index is 12.0. The second-order valence-electron chi connectivity index (χ2n) is 5.91. The number of alkyl carbamates (subject to hydrolysis) is 1. The molecule has 0 fully saturated rings. The van der Waals surface area contributed by atoms with E-state index in [1.807, 2.05) is 84.9 Å². The highest BCUT2D eigenvalue weighted by atomic mass is 16.5. The molecule has 0 aliphatic heterocycles. The van der Waals surface area contributed by atoms with Gasteiger partial charge in [-0.3, -0.25) is 4.79 Å². The Hall–Kier alpha value is -3.60. The molecule has 3 rings (SSSR count). The monoisotopic (exact) mass is 360 g/mol. The number of amides is 2. The molecule has 5 heteroatoms. The first-order chi connectivity index (χ1) is 13.2. The number of ether oxygens (including phenoxy) is 1. The van der Waals surface area contributed by atoms with E-state index in [1.165, 1.54) is 0 Å². The van der Waals surface area contributed by atoms with Crippen LogP contribution in [0.1, 0.15) is 5.56 Å². The number of rotatable bonds is 6. The second kappa shape index (κ2) is 9.20. The van der Waals surface area contributed by atoms with E-state index >= 15 is 0 Å². The molecule has 0 saturated carbocycles. The van der Waals surface area contributed by atoms with Crippen molar-refractivity contribution in [3.8, 4) is 11.1 Å². The minimum absolute atomic E-state index is 0.159. The maximum Gasteiger partial charge on any atom is 0.407 e. The molecule has 0 radical (unpaired) electrons. The lowest BCUT2D eigenvalue weighted by Crippen LogP contribution is -2.33. The van der Waals surface area contributed by atoms with Gasteiger partial charge in [-0.25, -0.2) is 4.79 Å². The number of hydrogen-bond donors (Lipinski definition) is 2. The van der Waals surface area contributed by atoms with Gasteiger partial charge in [0.15, 0.2) is 0 Å². The van der Waals surface area contributed by atoms with Gasteiger partial charge in [0.05, 0.1) is 0 Å². The molecule has 3 aromatic rings. The van der Waals surface area contributed by atoms with Crippen molar-refractivity contribution in [1.82, 2.24) is 5.32 Å². The molecule has 0 aromatic heterocycles. The topological polar surface area (TPSA) is 67.4 Å². The van der Waals surface area contributed by atoms with Crippen LogP contribution in [0.5, 0.6) is 0 Å². The van der Waals surface area contributed by atoms with Gasteiger partial charge in [0.25, 0.3) is 0 Å². The van der Waals surface area contributed by atoms with E-state index in [0.717, 1.165) is 16.7 Å². The average Bonchev–Trinajstić information content (AvgIpc) is 2.73. The summed E-state index contributed by atoms with van der Waals surface area (Å²) < 4.78 is 5.06. The van der Waals surface area contributed by atoms with Crippen LogP contribution in [-0.4, -0.2) is 18.5 Å². The van der Waals surface area contributed by atoms with Gasteiger partial charge in [-0.05, 0) is 28.8 Å². The van der Waals surface area contributed by atoms with E-state index < -0.39 is 6.09 Å². The number of hydrogen-bond acceptors (Lipinski definition) is 3. The van der Waals surface area contributed by atoms with Gasteiger partial charge < -0.3 is 15.4 Å². The zero-order valence-corrected chi connectivity index (χ0v) is 14.7. The van der Waals surface area contributed by atoms with Gasteiger partial charge in [0.2, 0.25) is 5.91 Å². The summed E-state index contributed by atoms with van der Waals surface area (Å²) in [5.41, 5.74) is 3.73. The Morgan fingerprint density at radius 1 is 0.741 bits per heavy atom. The normalized spacial score (nSPS) is 10.1. The van der Waals surface area contributed by atoms with Crippen LogP contribution in [-0.2, 0) is 16.1 Å². The molecule has 136 valence electrons. The Labute approximate surface area is 158 Å². The molecule has 0 unspecified atom stereocenters. The van der Waals surface area contributed by atoms with Crippen LogP contribution in [0.25, 0.3) is 11.1 Å². The molecule has 2 N–H and O–H groups in total. The van der Waals surface area contributed by atoms with E-state index in [0.29, 0.717) is 5.69 Å². The van der Waals surface area contributed by atoms with Crippen molar-refractivity contribution >= 4 is 17.7 Å². The quantitative estimate of drug-likeness (QED) is 0.692. The summed E-state index contributed by atoms with van der Waals surface area (Å²) in [5, 5.41) is 5.18. The zero-order chi connectivity index (χ0) is 18.9. The van der Waals surface area contributed by atoms with Crippen molar-refractivity contribution in [2.24, 2.45) is 0 Å². The van der Waals surface area contributed by atoms with Crippen molar-refractivity contribution in [3.05, 3.63) is 90.5 Å². The van der Waals surface area contributed by atoms with E-state index in [4.69, 9.17) is 4.74 Å². The Morgan fingerprint density at radius 2 is 1.33 bits per heavy atom. The van der Waals surface area contributed by atoms with Crippen LogP contribution in [0.15, 0.2) is 84.9 Å². The van der Waals surface area contributed by atoms with Crippen LogP contribution >= 0.6 is 0 Å². The zero-order valence-electron chi connectivity index (χ0n) is 14.7. The third-order valence-electron chi connectivity index (χ3n) is 3.88. The standard InChI is InChI=1S/C22H20N2O3/c25-21(15-23-22(26)27-16-17-7-3-1-4-8-17)24-20-13-11-19(12-14-20)18-9-5-2-6-10-18/h1-14H,15-16H2,(H,23,26)(H,24,25). The smallest absolute Gasteiger partial charge is 0.407 e. The summed E-state index contributed by atoms with van der Waals surface area (Å²) in [5.74, 6) is -0.320. The first kappa shape index (κ1) is 18.2. The lowest BCUT2D eigenvalue weighted by atomic mass is 10.1. The van der Waals surface area contributed by atoms with E-state index in [2.05, 4.69) is 10.6 Å². The molecular formula is C22H20N2O3. The SMILES string of the molecule is O=C(CNC(=O)OCc1ccccc1)Nc1ccc(-c2ccccc2)cc1. The van der Waals surface area contributed by atoms with Crippen LogP contribution in [0.4, 0.5) is 10.5 Å². The lowest BCUT2D eigenvalue weighted by molar-refractivity contribution is -0.115. The number of anilines is 1. The predicted molar refractivity (Wildman–Crippen MR) is 105 cm³/mol. The molecule has 0 aliphatic carbocycles. The molecule has 0 heterocycles. The Bertz CT molecular complexity index is 878. The lowest BCUT2D eigenvalue weighted by Gasteiger charge is -2.09. The summed E-state index contributed by atoms with van der Waals surface area (Å²) in [6, 6.07) is 26.9. The minimum Gasteiger partial charge on any atom is -0.445 e. The number of carbonyl (C=O) groups is 2. The van der Waals surface area contributed by atoms with Crippen LogP contribution in [0.2, 0.25) is 0 Å². The van der Waals surface area contributed by atoms with Gasteiger partial charge in [-0.15, -0.1) is 0 Å². The molecule has 0 atom stereocenters. The molecule has 2 amide bonds. The van der Waals surface area contributed by atoms with Crippen molar-refractivity contribution < 1.29 is 14.3 Å². The molecular weight excluding hydrogens is 340 g/mol. The summed E-state index contributed by atoms with van der Waals surface area (Å²) in [7, 11) is 0. The fraction of sp³-hybridized carbons (Fsp3) is 0.0909. The third-order valence-corrected chi connectivity index (χ3v) is 3.88. The first-order valence-electron chi connectivity index (χ1n) is 8.60.